The van der Waals surface area contributed by atoms with E-state index in [0.717, 1.165) is 118 Å². The lowest BCUT2D eigenvalue weighted by molar-refractivity contribution is -0.436. The average molecular weight is 1750 g/mol. The van der Waals surface area contributed by atoms with Gasteiger partial charge in [0.1, 0.15) is 17.3 Å². The molecule has 4 aliphatic heterocycles. The van der Waals surface area contributed by atoms with E-state index in [1.54, 1.807) is 28.7 Å². The quantitative estimate of drug-likeness (QED) is 0.0384. The fourth-order valence-electron chi connectivity index (χ4n) is 14.1. The zero-order chi connectivity index (χ0) is 84.7. The van der Waals surface area contributed by atoms with E-state index in [1.165, 1.54) is 23.0 Å². The molecule has 8 aromatic rings. The van der Waals surface area contributed by atoms with E-state index in [0.29, 0.717) is 36.3 Å². The maximum absolute atomic E-state index is 12.4. The third-order valence-corrected chi connectivity index (χ3v) is 25.1. The summed E-state index contributed by atoms with van der Waals surface area (Å²) in [6.07, 6.45) is 14.9. The SMILES string of the molecule is C.CCCN1/C(=C/C=C/C2=[N+](CCCS(=O)(=O)[O-])c3c(ccc4sccc34)C2(C)C)C(C)(C)c2cc(C(=O)O)c3sc(S(=O)(=O)O)cc3c21.CCCN1/C(=C/C=C/C2=[N+](CCCS(=O)(=O)[O-])c3c(ccc4sccc34)C2(C)C)C(C)(C)c2cc(C(=O)O)c3sccc3c21.O=C=O.O=C=O.O=S(=O)=O.O=S(=O)=O.O=S(=O)=O.[B]F. The first kappa shape index (κ1) is 96.3. The van der Waals surface area contributed by atoms with Gasteiger partial charge >= 0.3 is 74.3 Å². The molecule has 0 saturated heterocycles. The summed E-state index contributed by atoms with van der Waals surface area (Å²) < 4.78 is 195. The summed E-state index contributed by atoms with van der Waals surface area (Å²) in [5.74, 6) is -2.98. The molecule has 2 radical (unpaired) electrons. The van der Waals surface area contributed by atoms with Crippen LogP contribution in [0, 0.1) is 0 Å². The molecular weight excluding hydrogens is 1680 g/mol. The highest BCUT2D eigenvalue weighted by Crippen LogP contribution is 2.56. The van der Waals surface area contributed by atoms with Crippen LogP contribution in [-0.2, 0) is 103 Å². The number of halogens is 1. The van der Waals surface area contributed by atoms with Gasteiger partial charge in [-0.2, -0.15) is 36.7 Å². The van der Waals surface area contributed by atoms with Gasteiger partial charge in [-0.05, 0) is 141 Å². The van der Waals surface area contributed by atoms with Crippen LogP contribution in [0.5, 0.6) is 0 Å². The molecule has 0 bridgehead atoms. The molecule has 0 spiro atoms. The van der Waals surface area contributed by atoms with Gasteiger partial charge in [0.05, 0.1) is 73.7 Å². The minimum Gasteiger partial charge on any atom is -0.748 e. The number of carboxylic acids is 2. The second-order valence-electron chi connectivity index (χ2n) is 26.5. The standard InChI is InChI=1S/C34H36N2O8S4.C34H36N2O5S3.2CO2.CH4.BF.3O3S/c1-6-14-35-27(34(4,5)24-18-22(32(37)38)31-21(30(24)35)19-28(46-31)48(42,43)44)10-7-9-26-33(2,3)23-11-12-25-20(13-16-45-25)29(23)36(26)15-8-17-47(39,40)41;1-6-15-35-28(34(4,5)25-20-23(32(37)38)31-22(30(25)35)14-18-43-31)10-7-9-27-33(2,3)24-11-12-26-21(13-17-42-26)29(24)36(27)16-8-19-44(39,40)41;2*2-1-3;;1-2;3*1-4(2)3/h7,9-13,16,18-19H,6,8,14-15,17H2,1-5H3,(H2-,37,38,39,40,41,42,43,44);7,9-14,17-18,20H,6,8,15-16,19H2,1-5H3,(H-,37,38,39,40,41);;;1H4;;;;. The second kappa shape index (κ2) is 39.8. The van der Waals surface area contributed by atoms with Gasteiger partial charge in [-0.1, -0.05) is 61.1 Å². The van der Waals surface area contributed by atoms with E-state index in [2.05, 4.69) is 136 Å². The molecule has 0 fully saturated rings. The second-order valence-corrected chi connectivity index (χ2v) is 36.3. The van der Waals surface area contributed by atoms with Crippen molar-refractivity contribution in [1.29, 1.82) is 0 Å². The molecule has 42 heteroatoms. The Morgan fingerprint density at radius 3 is 1.20 bits per heavy atom. The van der Waals surface area contributed by atoms with Gasteiger partial charge in [0, 0.05) is 103 Å². The molecule has 12 rings (SSSR count). The van der Waals surface area contributed by atoms with Crippen LogP contribution in [0.1, 0.15) is 145 Å². The van der Waals surface area contributed by atoms with Crippen LogP contribution in [-0.4, -0.2) is 178 Å². The topological polar surface area (TPSA) is 478 Å². The van der Waals surface area contributed by atoms with Crippen molar-refractivity contribution in [3.8, 4) is 0 Å². The van der Waals surface area contributed by atoms with Gasteiger partial charge in [-0.3, -0.25) is 4.55 Å². The first-order chi connectivity index (χ1) is 52.2. The molecule has 30 nitrogen and oxygen atoms in total. The van der Waals surface area contributed by atoms with E-state index in [4.69, 9.17) is 61.4 Å². The largest absolute Gasteiger partial charge is 0.748 e. The van der Waals surface area contributed by atoms with Crippen LogP contribution < -0.4 is 9.80 Å². The molecular formula is C71H76BFN4O26S10. The van der Waals surface area contributed by atoms with Gasteiger partial charge in [-0.25, -0.2) is 26.4 Å². The summed E-state index contributed by atoms with van der Waals surface area (Å²) in [5, 5.41) is 29.8. The van der Waals surface area contributed by atoms with Crippen molar-refractivity contribution < 1.29 is 129 Å². The minimum absolute atomic E-state index is 0. The number of carbonyl (C=O) groups is 2. The number of hydrogen-bond acceptors (Lipinski definition) is 29. The van der Waals surface area contributed by atoms with Crippen molar-refractivity contribution in [2.75, 3.05) is 47.5 Å². The Hall–Kier alpha value is -9.10. The Morgan fingerprint density at radius 1 is 0.531 bits per heavy atom. The van der Waals surface area contributed by atoms with Crippen LogP contribution in [0.15, 0.2) is 129 Å². The Labute approximate surface area is 672 Å². The molecule has 0 unspecified atom stereocenters. The third-order valence-electron chi connectivity index (χ3n) is 18.4. The number of thiophene rings is 4. The molecule has 0 aliphatic carbocycles. The number of carboxylic acid groups (broad SMARTS) is 2. The monoisotopic (exact) mass is 1750 g/mol. The predicted molar refractivity (Wildman–Crippen MR) is 424 cm³/mol. The minimum atomic E-state index is -4.56. The molecule has 4 aliphatic rings. The number of allylic oxidation sites excluding steroid dienone is 8. The summed E-state index contributed by atoms with van der Waals surface area (Å²) in [5.41, 5.74) is 10.3. The summed E-state index contributed by atoms with van der Waals surface area (Å²) in [6.45, 7) is 23.2. The fraction of sp³-hybridized carbons (Fsp3) is 0.352. The number of fused-ring (bicyclic) bond motifs is 12. The normalized spacial score (nSPS) is 15.7. The molecule has 113 heavy (non-hydrogen) atoms. The number of rotatable bonds is 19. The zero-order valence-electron chi connectivity index (χ0n) is 61.1. The molecule has 606 valence electrons. The van der Waals surface area contributed by atoms with Gasteiger partial charge in [0.25, 0.3) is 0 Å². The first-order valence-corrected chi connectivity index (χ1v) is 43.8. The average Bonchev–Trinajstić information content (AvgIpc) is 1.68. The Bertz CT molecular complexity index is 5900. The molecule has 0 atom stereocenters. The molecule has 4 aromatic heterocycles. The van der Waals surface area contributed by atoms with E-state index in [9.17, 15) is 58.7 Å². The van der Waals surface area contributed by atoms with Crippen molar-refractivity contribution in [3.05, 3.63) is 158 Å². The molecule has 8 heterocycles. The number of hydrogen-bond donors (Lipinski definition) is 3. The van der Waals surface area contributed by atoms with Crippen LogP contribution in [0.25, 0.3) is 40.3 Å². The highest BCUT2D eigenvalue weighted by Gasteiger charge is 2.49. The maximum atomic E-state index is 12.4. The molecule has 3 N–H and O–H groups in total. The van der Waals surface area contributed by atoms with E-state index < -0.39 is 102 Å². The Morgan fingerprint density at radius 2 is 0.867 bits per heavy atom. The zero-order valence-corrected chi connectivity index (χ0v) is 69.3. The molecule has 0 amide bonds. The number of nitrogens with zero attached hydrogens (tertiary/aromatic N) is 4. The number of anilines is 2. The van der Waals surface area contributed by atoms with Crippen molar-refractivity contribution in [2.45, 2.75) is 128 Å². The van der Waals surface area contributed by atoms with Crippen LogP contribution in [0.3, 0.4) is 0 Å². The van der Waals surface area contributed by atoms with Gasteiger partial charge in [0.15, 0.2) is 11.4 Å². The Balaban J connectivity index is 0.000000384. The van der Waals surface area contributed by atoms with E-state index in [1.807, 2.05) is 61.9 Å². The number of benzene rings is 4. The lowest BCUT2D eigenvalue weighted by Gasteiger charge is -2.26. The van der Waals surface area contributed by atoms with E-state index in [-0.39, 0.29) is 52.5 Å². The molecule has 0 saturated carbocycles. The maximum Gasteiger partial charge on any atom is 0.425 e. The highest BCUT2D eigenvalue weighted by molar-refractivity contribution is 7.88. The summed E-state index contributed by atoms with van der Waals surface area (Å²) >= 11 is 5.50. The predicted octanol–water partition coefficient (Wildman–Crippen LogP) is 11.3. The lowest BCUT2D eigenvalue weighted by Crippen LogP contribution is -2.28. The van der Waals surface area contributed by atoms with Crippen molar-refractivity contribution in [3.63, 3.8) is 0 Å². The summed E-state index contributed by atoms with van der Waals surface area (Å²) in [4.78, 5) is 61.5. The van der Waals surface area contributed by atoms with Gasteiger partial charge < -0.3 is 33.4 Å². The summed E-state index contributed by atoms with van der Waals surface area (Å²) in [6, 6.07) is 19.5. The number of carbonyl (C=O) groups excluding carboxylic acids is 4. The van der Waals surface area contributed by atoms with Gasteiger partial charge in [-0.15, -0.1) is 83.2 Å². The van der Waals surface area contributed by atoms with Crippen LogP contribution >= 0.6 is 45.3 Å². The van der Waals surface area contributed by atoms with Crippen molar-refractivity contribution >= 4 is 214 Å². The van der Waals surface area contributed by atoms with Crippen molar-refractivity contribution in [2.24, 2.45) is 0 Å². The van der Waals surface area contributed by atoms with Crippen LogP contribution in [0.2, 0.25) is 0 Å². The lowest BCUT2D eigenvalue weighted by atomic mass is 9.80. The highest BCUT2D eigenvalue weighted by atomic mass is 32.3. The van der Waals surface area contributed by atoms with Gasteiger partial charge in [0.2, 0.25) is 11.4 Å². The van der Waals surface area contributed by atoms with Crippen molar-refractivity contribution in [1.82, 2.24) is 0 Å². The van der Waals surface area contributed by atoms with E-state index >= 15 is 0 Å². The summed E-state index contributed by atoms with van der Waals surface area (Å²) in [7, 11) is -19.6. The smallest absolute Gasteiger partial charge is 0.425 e. The fourth-order valence-corrected chi connectivity index (χ4v) is 19.4. The third kappa shape index (κ3) is 22.3. The molecule has 4 aromatic carbocycles. The Kier molecular flexibility index (Phi) is 33.9. The van der Waals surface area contributed by atoms with Crippen LogP contribution in [0.4, 0.5) is 27.1 Å². The first-order valence-electron chi connectivity index (χ1n) is 32.8. The number of aromatic carboxylic acids is 2.